The molecule has 0 bridgehead atoms. The van der Waals surface area contributed by atoms with Crippen LogP contribution in [-0.4, -0.2) is 30.0 Å². The molecule has 0 aromatic carbocycles. The molecule has 1 amide bonds. The van der Waals surface area contributed by atoms with Crippen LogP contribution in [0, 0.1) is 0 Å². The van der Waals surface area contributed by atoms with E-state index in [1.54, 1.807) is 49.9 Å². The molecule has 0 aliphatic carbocycles. The summed E-state index contributed by atoms with van der Waals surface area (Å²) in [5, 5.41) is 3.09. The van der Waals surface area contributed by atoms with Crippen LogP contribution in [0.25, 0.3) is 22.6 Å². The second-order valence-corrected chi connectivity index (χ2v) is 7.93. The van der Waals surface area contributed by atoms with Crippen LogP contribution < -0.4 is 10.9 Å². The van der Waals surface area contributed by atoms with Gasteiger partial charge in [-0.1, -0.05) is 17.7 Å². The normalized spacial score (nSPS) is 11.0. The maximum atomic E-state index is 13.0. The minimum absolute atomic E-state index is 0.00386. The molecule has 4 aromatic rings. The molecule has 0 fully saturated rings. The molecule has 4 heterocycles. The lowest BCUT2D eigenvalue weighted by Crippen LogP contribution is -2.27. The zero-order valence-corrected chi connectivity index (χ0v) is 18.5. The van der Waals surface area contributed by atoms with Crippen LogP contribution >= 0.6 is 11.6 Å². The number of carbonyl (C=O) groups is 1. The first-order chi connectivity index (χ1) is 15.3. The van der Waals surface area contributed by atoms with E-state index in [2.05, 4.69) is 34.1 Å². The molecule has 32 heavy (non-hydrogen) atoms. The van der Waals surface area contributed by atoms with Crippen molar-refractivity contribution in [3.05, 3.63) is 82.3 Å². The average molecular weight is 449 g/mol. The lowest BCUT2D eigenvalue weighted by Gasteiger charge is -2.12. The summed E-state index contributed by atoms with van der Waals surface area (Å²) >= 11 is 5.86. The van der Waals surface area contributed by atoms with E-state index in [4.69, 9.17) is 11.6 Å². The zero-order valence-electron chi connectivity index (χ0n) is 17.8. The number of pyridine rings is 3. The van der Waals surface area contributed by atoms with Crippen molar-refractivity contribution in [2.75, 3.05) is 5.32 Å². The second kappa shape index (κ2) is 8.76. The summed E-state index contributed by atoms with van der Waals surface area (Å²) in [5.74, 6) is 0.474. The molecule has 1 N–H and O–H groups in total. The quantitative estimate of drug-likeness (QED) is 0.462. The van der Waals surface area contributed by atoms with Crippen molar-refractivity contribution in [3.8, 4) is 22.6 Å². The van der Waals surface area contributed by atoms with Crippen molar-refractivity contribution in [3.63, 3.8) is 0 Å². The first-order valence-corrected chi connectivity index (χ1v) is 10.4. The van der Waals surface area contributed by atoms with Crippen LogP contribution in [0.2, 0.25) is 5.15 Å². The molecular weight excluding hydrogens is 428 g/mol. The Bertz CT molecular complexity index is 1340. The number of amides is 1. The maximum absolute atomic E-state index is 13.0. The van der Waals surface area contributed by atoms with Gasteiger partial charge < -0.3 is 14.5 Å². The number of carbonyl (C=O) groups excluding carboxylic acids is 1. The molecule has 162 valence electrons. The van der Waals surface area contributed by atoms with E-state index in [0.717, 1.165) is 5.56 Å². The fourth-order valence-electron chi connectivity index (χ4n) is 3.32. The molecule has 4 aromatic heterocycles. The highest BCUT2D eigenvalue weighted by Crippen LogP contribution is 2.22. The van der Waals surface area contributed by atoms with E-state index < -0.39 is 11.5 Å². The van der Waals surface area contributed by atoms with Crippen LogP contribution in [0.1, 0.15) is 30.2 Å². The smallest absolute Gasteiger partial charge is 0.263 e. The molecule has 0 unspecified atom stereocenters. The molecule has 0 atom stereocenters. The number of nitrogens with one attached hydrogen (secondary N) is 1. The van der Waals surface area contributed by atoms with E-state index >= 15 is 0 Å². The van der Waals surface area contributed by atoms with Crippen LogP contribution in [-0.2, 0) is 7.05 Å². The fraction of sp³-hybridized carbons (Fsp3) is 0.174. The van der Waals surface area contributed by atoms with Gasteiger partial charge in [-0.15, -0.1) is 0 Å². The highest BCUT2D eigenvalue weighted by atomic mass is 35.5. The summed E-state index contributed by atoms with van der Waals surface area (Å²) in [6, 6.07) is 10.5. The predicted octanol–water partition coefficient (Wildman–Crippen LogP) is 4.19. The first kappa shape index (κ1) is 21.5. The van der Waals surface area contributed by atoms with Gasteiger partial charge in [0.25, 0.3) is 11.5 Å². The third-order valence-corrected chi connectivity index (χ3v) is 5.16. The van der Waals surface area contributed by atoms with Crippen LogP contribution in [0.4, 0.5) is 5.82 Å². The van der Waals surface area contributed by atoms with E-state index in [1.807, 2.05) is 16.8 Å². The second-order valence-electron chi connectivity index (χ2n) is 7.54. The molecular formula is C23H21ClN6O2. The van der Waals surface area contributed by atoms with Crippen molar-refractivity contribution in [1.29, 1.82) is 0 Å². The fourth-order valence-corrected chi connectivity index (χ4v) is 3.43. The molecule has 0 radical (unpaired) electrons. The molecule has 0 saturated heterocycles. The van der Waals surface area contributed by atoms with E-state index in [1.165, 1.54) is 10.6 Å². The van der Waals surface area contributed by atoms with Gasteiger partial charge in [-0.05, 0) is 44.2 Å². The van der Waals surface area contributed by atoms with Crippen LogP contribution in [0.3, 0.4) is 0 Å². The molecule has 9 heteroatoms. The summed E-state index contributed by atoms with van der Waals surface area (Å²) in [4.78, 5) is 38.6. The molecule has 8 nitrogen and oxygen atoms in total. The Hall–Kier alpha value is -3.78. The number of rotatable bonds is 5. The number of anilines is 1. The monoisotopic (exact) mass is 448 g/mol. The van der Waals surface area contributed by atoms with Crippen molar-refractivity contribution < 1.29 is 4.79 Å². The number of aromatic nitrogens is 5. The number of hydrogen-bond acceptors (Lipinski definition) is 5. The van der Waals surface area contributed by atoms with E-state index in [-0.39, 0.29) is 11.6 Å². The topological polar surface area (TPSA) is 94.7 Å². The summed E-state index contributed by atoms with van der Waals surface area (Å²) in [6.07, 6.45) is 6.83. The lowest BCUT2D eigenvalue weighted by molar-refractivity contribution is 0.102. The Morgan fingerprint density at radius 3 is 2.66 bits per heavy atom. The van der Waals surface area contributed by atoms with Gasteiger partial charge in [0.15, 0.2) is 5.82 Å². The van der Waals surface area contributed by atoms with Gasteiger partial charge in [-0.3, -0.25) is 9.59 Å². The Morgan fingerprint density at radius 2 is 1.94 bits per heavy atom. The molecule has 4 rings (SSSR count). The average Bonchev–Trinajstić information content (AvgIpc) is 3.27. The third kappa shape index (κ3) is 4.31. The number of hydrogen-bond donors (Lipinski definition) is 1. The van der Waals surface area contributed by atoms with Crippen molar-refractivity contribution >= 4 is 23.3 Å². The summed E-state index contributed by atoms with van der Waals surface area (Å²) in [5.41, 5.74) is 1.60. The van der Waals surface area contributed by atoms with Gasteiger partial charge in [0, 0.05) is 49.0 Å². The highest BCUT2D eigenvalue weighted by Gasteiger charge is 2.16. The number of aryl methyl sites for hydroxylation is 1. The van der Waals surface area contributed by atoms with Crippen molar-refractivity contribution in [2.24, 2.45) is 7.05 Å². The molecule has 0 spiro atoms. The van der Waals surface area contributed by atoms with Crippen LogP contribution in [0.15, 0.2) is 66.0 Å². The number of imidazole rings is 1. The van der Waals surface area contributed by atoms with E-state index in [0.29, 0.717) is 28.1 Å². The standard InChI is InChI=1S/C23H21ClN6O2/c1-14(2)30-10-9-25-21(30)18-5-4-6-20(27-18)28-22(31)17-11-16(13-29(3)23(17)32)15-7-8-19(24)26-12-15/h4-14H,1-3H3,(H,27,28,31). The maximum Gasteiger partial charge on any atom is 0.263 e. The SMILES string of the molecule is CC(C)n1ccnc1-c1cccc(NC(=O)c2cc(-c3ccc(Cl)nc3)cn(C)c2=O)n1. The minimum atomic E-state index is -0.550. The van der Waals surface area contributed by atoms with Gasteiger partial charge in [0.05, 0.1) is 0 Å². The molecule has 0 saturated carbocycles. The summed E-state index contributed by atoms with van der Waals surface area (Å²) in [7, 11) is 1.59. The van der Waals surface area contributed by atoms with Gasteiger partial charge >= 0.3 is 0 Å². The zero-order chi connectivity index (χ0) is 22.8. The minimum Gasteiger partial charge on any atom is -0.327 e. The van der Waals surface area contributed by atoms with E-state index in [9.17, 15) is 9.59 Å². The summed E-state index contributed by atoms with van der Waals surface area (Å²) < 4.78 is 3.36. The number of halogens is 1. The summed E-state index contributed by atoms with van der Waals surface area (Å²) in [6.45, 7) is 4.10. The highest BCUT2D eigenvalue weighted by molar-refractivity contribution is 6.29. The Kier molecular flexibility index (Phi) is 5.87. The van der Waals surface area contributed by atoms with Gasteiger partial charge in [0.2, 0.25) is 0 Å². The lowest BCUT2D eigenvalue weighted by atomic mass is 10.1. The largest absolute Gasteiger partial charge is 0.327 e. The first-order valence-electron chi connectivity index (χ1n) is 9.97. The predicted molar refractivity (Wildman–Crippen MR) is 124 cm³/mol. The molecule has 0 aliphatic heterocycles. The van der Waals surface area contributed by atoms with Gasteiger partial charge in [0.1, 0.15) is 22.2 Å². The van der Waals surface area contributed by atoms with Crippen molar-refractivity contribution in [1.82, 2.24) is 24.1 Å². The van der Waals surface area contributed by atoms with Crippen LogP contribution in [0.5, 0.6) is 0 Å². The Balaban J connectivity index is 1.65. The number of nitrogens with zero attached hydrogens (tertiary/aromatic N) is 5. The van der Waals surface area contributed by atoms with Gasteiger partial charge in [-0.2, -0.15) is 0 Å². The van der Waals surface area contributed by atoms with Gasteiger partial charge in [-0.25, -0.2) is 15.0 Å². The third-order valence-electron chi connectivity index (χ3n) is 4.93. The molecule has 0 aliphatic rings. The Morgan fingerprint density at radius 1 is 1.12 bits per heavy atom. The van der Waals surface area contributed by atoms with Crippen molar-refractivity contribution in [2.45, 2.75) is 19.9 Å². The Labute approximate surface area is 189 Å².